The topological polar surface area (TPSA) is 60.9 Å². The van der Waals surface area contributed by atoms with Crippen LogP contribution in [0.2, 0.25) is 0 Å². The molecule has 108 valence electrons. The highest BCUT2D eigenvalue weighted by molar-refractivity contribution is 5.73. The first-order valence-corrected chi connectivity index (χ1v) is 6.97. The molecule has 0 aliphatic heterocycles. The van der Waals surface area contributed by atoms with Crippen LogP contribution < -0.4 is 0 Å². The summed E-state index contributed by atoms with van der Waals surface area (Å²) in [6.45, 7) is 2.10. The Morgan fingerprint density at radius 1 is 0.909 bits per heavy atom. The molecule has 0 fully saturated rings. The predicted octanol–water partition coefficient (Wildman–Crippen LogP) is 2.50. The fourth-order valence-electron chi connectivity index (χ4n) is 2.60. The van der Waals surface area contributed by atoms with E-state index in [9.17, 15) is 0 Å². The molecular weight excluding hydrogens is 276 g/mol. The molecule has 0 bridgehead atoms. The number of hydrogen-bond donors (Lipinski definition) is 0. The van der Waals surface area contributed by atoms with Crippen molar-refractivity contribution in [2.45, 2.75) is 6.92 Å². The Morgan fingerprint density at radius 3 is 2.55 bits per heavy atom. The maximum Gasteiger partial charge on any atom is 0.163 e. The molecule has 6 heteroatoms. The largest absolute Gasteiger partial charge is 0.317 e. The van der Waals surface area contributed by atoms with Crippen LogP contribution in [0.1, 0.15) is 5.56 Å². The summed E-state index contributed by atoms with van der Waals surface area (Å²) in [4.78, 5) is 0. The Balaban J connectivity index is 1.88. The van der Waals surface area contributed by atoms with Crippen molar-refractivity contribution in [1.29, 1.82) is 0 Å². The first-order valence-electron chi connectivity index (χ1n) is 6.97. The number of hydrogen-bond acceptors (Lipinski definition) is 4. The zero-order valence-corrected chi connectivity index (χ0v) is 12.3. The molecule has 0 atom stereocenters. The molecule has 0 saturated heterocycles. The van der Waals surface area contributed by atoms with Crippen LogP contribution in [-0.4, -0.2) is 29.4 Å². The molecule has 3 heterocycles. The molecule has 3 aromatic heterocycles. The van der Waals surface area contributed by atoms with Gasteiger partial charge in [-0.1, -0.05) is 12.1 Å². The smallest absolute Gasteiger partial charge is 0.163 e. The van der Waals surface area contributed by atoms with Gasteiger partial charge in [-0.3, -0.25) is 4.40 Å². The van der Waals surface area contributed by atoms with Gasteiger partial charge in [0.05, 0.1) is 0 Å². The summed E-state index contributed by atoms with van der Waals surface area (Å²) in [7, 11) is 1.94. The number of aryl methyl sites for hydroxylation is 2. The van der Waals surface area contributed by atoms with Crippen molar-refractivity contribution in [1.82, 2.24) is 29.4 Å². The molecular formula is C16H14N6. The number of fused-ring (bicyclic) bond motifs is 1. The molecule has 0 N–H and O–H groups in total. The number of benzene rings is 1. The van der Waals surface area contributed by atoms with Crippen LogP contribution in [0.25, 0.3) is 28.2 Å². The van der Waals surface area contributed by atoms with Crippen LogP contribution in [0.3, 0.4) is 0 Å². The highest BCUT2D eigenvalue weighted by Crippen LogP contribution is 2.28. The Morgan fingerprint density at radius 2 is 1.73 bits per heavy atom. The summed E-state index contributed by atoms with van der Waals surface area (Å²) in [6.07, 6.45) is 5.46. The minimum absolute atomic E-state index is 0.839. The van der Waals surface area contributed by atoms with Gasteiger partial charge in [0, 0.05) is 18.8 Å². The molecule has 0 saturated carbocycles. The lowest BCUT2D eigenvalue weighted by atomic mass is 9.99. The van der Waals surface area contributed by atoms with Crippen molar-refractivity contribution in [2.75, 3.05) is 0 Å². The summed E-state index contributed by atoms with van der Waals surface area (Å²) >= 11 is 0. The Bertz CT molecular complexity index is 966. The molecule has 0 aliphatic carbocycles. The van der Waals surface area contributed by atoms with Crippen molar-refractivity contribution in [2.24, 2.45) is 7.05 Å². The van der Waals surface area contributed by atoms with E-state index >= 15 is 0 Å². The number of nitrogens with zero attached hydrogens (tertiary/aromatic N) is 6. The Labute approximate surface area is 127 Å². The third kappa shape index (κ3) is 1.96. The first-order chi connectivity index (χ1) is 10.7. The quantitative estimate of drug-likeness (QED) is 0.569. The molecule has 0 unspecified atom stereocenters. The molecule has 6 nitrogen and oxygen atoms in total. The Hall–Kier alpha value is -3.02. The van der Waals surface area contributed by atoms with Crippen LogP contribution in [0.15, 0.2) is 49.2 Å². The lowest BCUT2D eigenvalue weighted by Crippen LogP contribution is -1.93. The van der Waals surface area contributed by atoms with Crippen LogP contribution in [0, 0.1) is 6.92 Å². The van der Waals surface area contributed by atoms with E-state index in [1.165, 1.54) is 5.56 Å². The number of aromatic nitrogens is 6. The average Bonchev–Trinajstić information content (AvgIpc) is 3.15. The van der Waals surface area contributed by atoms with E-state index in [4.69, 9.17) is 0 Å². The van der Waals surface area contributed by atoms with Crippen molar-refractivity contribution < 1.29 is 0 Å². The van der Waals surface area contributed by atoms with Gasteiger partial charge in [0.1, 0.15) is 12.7 Å². The molecule has 0 spiro atoms. The van der Waals surface area contributed by atoms with E-state index in [-0.39, 0.29) is 0 Å². The molecule has 0 radical (unpaired) electrons. The Kier molecular flexibility index (Phi) is 2.75. The van der Waals surface area contributed by atoms with Crippen molar-refractivity contribution in [3.63, 3.8) is 0 Å². The van der Waals surface area contributed by atoms with Gasteiger partial charge in [-0.25, -0.2) is 0 Å². The summed E-state index contributed by atoms with van der Waals surface area (Å²) < 4.78 is 3.83. The van der Waals surface area contributed by atoms with Gasteiger partial charge < -0.3 is 4.57 Å². The third-order valence-electron chi connectivity index (χ3n) is 3.81. The normalized spacial score (nSPS) is 11.2. The second-order valence-electron chi connectivity index (χ2n) is 5.31. The van der Waals surface area contributed by atoms with E-state index < -0.39 is 0 Å². The molecule has 1 aromatic carbocycles. The van der Waals surface area contributed by atoms with Gasteiger partial charge in [-0.05, 0) is 41.8 Å². The lowest BCUT2D eigenvalue weighted by Gasteiger charge is -2.09. The summed E-state index contributed by atoms with van der Waals surface area (Å²) in [5, 5.41) is 16.1. The lowest BCUT2D eigenvalue weighted by molar-refractivity contribution is 0.920. The van der Waals surface area contributed by atoms with Crippen molar-refractivity contribution >= 4 is 5.65 Å². The fraction of sp³-hybridized carbons (Fsp3) is 0.125. The van der Waals surface area contributed by atoms with Gasteiger partial charge in [-0.15, -0.1) is 20.4 Å². The predicted molar refractivity (Wildman–Crippen MR) is 83.2 cm³/mol. The number of pyridine rings is 1. The van der Waals surface area contributed by atoms with Crippen LogP contribution in [-0.2, 0) is 7.05 Å². The van der Waals surface area contributed by atoms with E-state index in [0.29, 0.717) is 0 Å². The van der Waals surface area contributed by atoms with Crippen LogP contribution in [0.5, 0.6) is 0 Å². The van der Waals surface area contributed by atoms with Gasteiger partial charge in [-0.2, -0.15) is 0 Å². The standard InChI is InChI=1S/C16H14N6/c1-11-3-4-12(16-20-17-9-21(16)2)7-14(11)13-5-6-15-19-18-10-22(15)8-13/h3-10H,1-2H3. The van der Waals surface area contributed by atoms with Crippen molar-refractivity contribution in [3.05, 3.63) is 54.7 Å². The minimum atomic E-state index is 0.839. The van der Waals surface area contributed by atoms with E-state index in [0.717, 1.165) is 28.2 Å². The SMILES string of the molecule is Cc1ccc(-c2nncn2C)cc1-c1ccc2nncn2c1. The van der Waals surface area contributed by atoms with E-state index in [1.54, 1.807) is 12.7 Å². The summed E-state index contributed by atoms with van der Waals surface area (Å²) in [5.74, 6) is 0.853. The van der Waals surface area contributed by atoms with E-state index in [1.807, 2.05) is 28.3 Å². The minimum Gasteiger partial charge on any atom is -0.317 e. The van der Waals surface area contributed by atoms with Crippen molar-refractivity contribution in [3.8, 4) is 22.5 Å². The maximum absolute atomic E-state index is 4.18. The third-order valence-corrected chi connectivity index (χ3v) is 3.81. The highest BCUT2D eigenvalue weighted by Gasteiger charge is 2.09. The second kappa shape index (κ2) is 4.77. The van der Waals surface area contributed by atoms with Crippen LogP contribution in [0.4, 0.5) is 0 Å². The van der Waals surface area contributed by atoms with Gasteiger partial charge in [0.2, 0.25) is 0 Å². The van der Waals surface area contributed by atoms with E-state index in [2.05, 4.69) is 51.6 Å². The molecule has 4 aromatic rings. The average molecular weight is 290 g/mol. The number of rotatable bonds is 2. The zero-order chi connectivity index (χ0) is 15.1. The highest BCUT2D eigenvalue weighted by atomic mass is 15.2. The monoisotopic (exact) mass is 290 g/mol. The van der Waals surface area contributed by atoms with Gasteiger partial charge in [0.15, 0.2) is 11.5 Å². The summed E-state index contributed by atoms with van der Waals surface area (Å²) in [6, 6.07) is 10.4. The molecule has 0 amide bonds. The van der Waals surface area contributed by atoms with Crippen LogP contribution >= 0.6 is 0 Å². The maximum atomic E-state index is 4.18. The van der Waals surface area contributed by atoms with Gasteiger partial charge in [0.25, 0.3) is 0 Å². The first kappa shape index (κ1) is 12.7. The molecule has 4 rings (SSSR count). The second-order valence-corrected chi connectivity index (χ2v) is 5.31. The van der Waals surface area contributed by atoms with Gasteiger partial charge >= 0.3 is 0 Å². The molecule has 0 aliphatic rings. The summed E-state index contributed by atoms with van der Waals surface area (Å²) in [5.41, 5.74) is 5.37. The molecule has 22 heavy (non-hydrogen) atoms. The fourth-order valence-corrected chi connectivity index (χ4v) is 2.60. The zero-order valence-electron chi connectivity index (χ0n) is 12.3.